The van der Waals surface area contributed by atoms with Gasteiger partial charge in [-0.1, -0.05) is 63.3 Å². The molecule has 0 aromatic heterocycles. The van der Waals surface area contributed by atoms with E-state index in [1.165, 1.54) is 44.9 Å². The average molecular weight is 209 g/mol. The Kier molecular flexibility index (Phi) is 11.1. The van der Waals surface area contributed by atoms with Crippen LogP contribution < -0.4 is 5.73 Å². The predicted octanol–water partition coefficient (Wildman–Crippen LogP) is 4.20. The lowest BCUT2D eigenvalue weighted by molar-refractivity contribution is 0.611. The van der Waals surface area contributed by atoms with Gasteiger partial charge in [0.2, 0.25) is 0 Å². The van der Waals surface area contributed by atoms with Gasteiger partial charge in [0.15, 0.2) is 0 Å². The Balaban J connectivity index is 3.16. The van der Waals surface area contributed by atoms with Crippen molar-refractivity contribution in [2.24, 2.45) is 5.73 Å². The predicted molar refractivity (Wildman–Crippen MR) is 69.9 cm³/mol. The quantitative estimate of drug-likeness (QED) is 0.447. The van der Waals surface area contributed by atoms with Crippen LogP contribution in [-0.2, 0) is 0 Å². The van der Waals surface area contributed by atoms with Gasteiger partial charge in [-0.3, -0.25) is 0 Å². The molecule has 0 aliphatic rings. The summed E-state index contributed by atoms with van der Waals surface area (Å²) in [6.07, 6.45) is 17.8. The molecule has 0 unspecified atom stereocenters. The SMILES string of the molecule is CCCCCCCC/C=C/C=C/[C@@H](C)N. The van der Waals surface area contributed by atoms with Gasteiger partial charge < -0.3 is 5.73 Å². The minimum Gasteiger partial charge on any atom is -0.325 e. The highest BCUT2D eigenvalue weighted by atomic mass is 14.6. The molecule has 0 aromatic rings. The zero-order valence-corrected chi connectivity index (χ0v) is 10.4. The first kappa shape index (κ1) is 14.4. The zero-order chi connectivity index (χ0) is 11.4. The van der Waals surface area contributed by atoms with Crippen molar-refractivity contribution in [3.63, 3.8) is 0 Å². The van der Waals surface area contributed by atoms with Gasteiger partial charge in [0.05, 0.1) is 0 Å². The summed E-state index contributed by atoms with van der Waals surface area (Å²) in [7, 11) is 0. The Morgan fingerprint density at radius 1 is 1.00 bits per heavy atom. The second-order valence-electron chi connectivity index (χ2n) is 4.23. The third-order valence-corrected chi connectivity index (χ3v) is 2.39. The van der Waals surface area contributed by atoms with Crippen molar-refractivity contribution in [3.05, 3.63) is 24.3 Å². The summed E-state index contributed by atoms with van der Waals surface area (Å²) >= 11 is 0. The molecule has 0 amide bonds. The van der Waals surface area contributed by atoms with E-state index < -0.39 is 0 Å². The first-order valence-electron chi connectivity index (χ1n) is 6.36. The van der Waals surface area contributed by atoms with Crippen LogP contribution in [0.4, 0.5) is 0 Å². The Morgan fingerprint density at radius 2 is 1.67 bits per heavy atom. The molecule has 0 saturated carbocycles. The van der Waals surface area contributed by atoms with E-state index in [4.69, 9.17) is 5.73 Å². The molecule has 0 heterocycles. The minimum atomic E-state index is 0.170. The molecule has 0 spiro atoms. The van der Waals surface area contributed by atoms with E-state index in [9.17, 15) is 0 Å². The molecule has 0 radical (unpaired) electrons. The van der Waals surface area contributed by atoms with Crippen LogP contribution in [0, 0.1) is 0 Å². The average Bonchev–Trinajstić information content (AvgIpc) is 2.20. The van der Waals surface area contributed by atoms with Crippen LogP contribution in [0.3, 0.4) is 0 Å². The number of hydrogen-bond acceptors (Lipinski definition) is 1. The van der Waals surface area contributed by atoms with Crippen molar-refractivity contribution in [2.75, 3.05) is 0 Å². The maximum atomic E-state index is 5.58. The summed E-state index contributed by atoms with van der Waals surface area (Å²) in [6, 6.07) is 0.170. The van der Waals surface area contributed by atoms with Gasteiger partial charge in [0.1, 0.15) is 0 Å². The lowest BCUT2D eigenvalue weighted by Gasteiger charge is -1.97. The van der Waals surface area contributed by atoms with Crippen molar-refractivity contribution < 1.29 is 0 Å². The fraction of sp³-hybridized carbons (Fsp3) is 0.714. The highest BCUT2D eigenvalue weighted by molar-refractivity contribution is 5.04. The Labute approximate surface area is 95.4 Å². The van der Waals surface area contributed by atoms with Crippen molar-refractivity contribution in [3.8, 4) is 0 Å². The molecule has 88 valence electrons. The molecule has 0 aliphatic carbocycles. The fourth-order valence-electron chi connectivity index (χ4n) is 1.46. The van der Waals surface area contributed by atoms with Crippen molar-refractivity contribution >= 4 is 0 Å². The van der Waals surface area contributed by atoms with E-state index in [1.807, 2.05) is 19.1 Å². The van der Waals surface area contributed by atoms with Crippen LogP contribution in [0.5, 0.6) is 0 Å². The van der Waals surface area contributed by atoms with Gasteiger partial charge in [-0.25, -0.2) is 0 Å². The smallest absolute Gasteiger partial charge is 0.0197 e. The van der Waals surface area contributed by atoms with E-state index in [1.54, 1.807) is 0 Å². The second kappa shape index (κ2) is 11.5. The first-order chi connectivity index (χ1) is 7.27. The van der Waals surface area contributed by atoms with Crippen LogP contribution in [0.15, 0.2) is 24.3 Å². The summed E-state index contributed by atoms with van der Waals surface area (Å²) in [5.74, 6) is 0. The number of hydrogen-bond donors (Lipinski definition) is 1. The fourth-order valence-corrected chi connectivity index (χ4v) is 1.46. The van der Waals surface area contributed by atoms with Gasteiger partial charge in [0.25, 0.3) is 0 Å². The van der Waals surface area contributed by atoms with Gasteiger partial charge in [-0.05, 0) is 19.8 Å². The topological polar surface area (TPSA) is 26.0 Å². The maximum Gasteiger partial charge on any atom is 0.0197 e. The summed E-state index contributed by atoms with van der Waals surface area (Å²) in [4.78, 5) is 0. The Bertz CT molecular complexity index is 168. The Morgan fingerprint density at radius 3 is 2.33 bits per heavy atom. The molecule has 1 atom stereocenters. The maximum absolute atomic E-state index is 5.58. The Hall–Kier alpha value is -0.560. The molecule has 0 saturated heterocycles. The molecule has 0 aliphatic heterocycles. The van der Waals surface area contributed by atoms with Gasteiger partial charge in [0, 0.05) is 6.04 Å². The van der Waals surface area contributed by atoms with Crippen LogP contribution in [0.25, 0.3) is 0 Å². The number of allylic oxidation sites excluding steroid dienone is 3. The summed E-state index contributed by atoms with van der Waals surface area (Å²) < 4.78 is 0. The third-order valence-electron chi connectivity index (χ3n) is 2.39. The van der Waals surface area contributed by atoms with Gasteiger partial charge in [-0.2, -0.15) is 0 Å². The van der Waals surface area contributed by atoms with Crippen LogP contribution in [0.2, 0.25) is 0 Å². The molecule has 2 N–H and O–H groups in total. The molecule has 1 nitrogen and oxygen atoms in total. The molecular formula is C14H27N. The zero-order valence-electron chi connectivity index (χ0n) is 10.4. The van der Waals surface area contributed by atoms with Crippen LogP contribution in [0.1, 0.15) is 58.8 Å². The van der Waals surface area contributed by atoms with Gasteiger partial charge >= 0.3 is 0 Å². The normalized spacial score (nSPS) is 14.1. The number of nitrogens with two attached hydrogens (primary N) is 1. The number of unbranched alkanes of at least 4 members (excludes halogenated alkanes) is 6. The largest absolute Gasteiger partial charge is 0.325 e. The highest BCUT2D eigenvalue weighted by Crippen LogP contribution is 2.07. The van der Waals surface area contributed by atoms with E-state index >= 15 is 0 Å². The first-order valence-corrected chi connectivity index (χ1v) is 6.36. The molecule has 0 bridgehead atoms. The molecule has 15 heavy (non-hydrogen) atoms. The lowest BCUT2D eigenvalue weighted by atomic mass is 10.1. The second-order valence-corrected chi connectivity index (χ2v) is 4.23. The van der Waals surface area contributed by atoms with Crippen molar-refractivity contribution in [1.82, 2.24) is 0 Å². The minimum absolute atomic E-state index is 0.170. The number of rotatable bonds is 9. The summed E-state index contributed by atoms with van der Waals surface area (Å²) in [6.45, 7) is 4.24. The molecule has 0 rings (SSSR count). The summed E-state index contributed by atoms with van der Waals surface area (Å²) in [5.41, 5.74) is 5.58. The molecule has 1 heteroatoms. The van der Waals surface area contributed by atoms with Crippen molar-refractivity contribution in [1.29, 1.82) is 0 Å². The molecular weight excluding hydrogens is 182 g/mol. The third kappa shape index (κ3) is 13.4. The summed E-state index contributed by atoms with van der Waals surface area (Å²) in [5, 5.41) is 0. The van der Waals surface area contributed by atoms with E-state index in [0.29, 0.717) is 0 Å². The van der Waals surface area contributed by atoms with Crippen molar-refractivity contribution in [2.45, 2.75) is 64.8 Å². The van der Waals surface area contributed by atoms with Gasteiger partial charge in [-0.15, -0.1) is 0 Å². The molecule has 0 fully saturated rings. The van der Waals surface area contributed by atoms with Crippen LogP contribution >= 0.6 is 0 Å². The monoisotopic (exact) mass is 209 g/mol. The molecule has 0 aromatic carbocycles. The highest BCUT2D eigenvalue weighted by Gasteiger charge is 1.87. The van der Waals surface area contributed by atoms with E-state index in [0.717, 1.165) is 0 Å². The lowest BCUT2D eigenvalue weighted by Crippen LogP contribution is -2.09. The standard InChI is InChI=1S/C14H27N/c1-3-4-5-6-7-8-9-10-11-12-13-14(2)15/h10-14H,3-9,15H2,1-2H3/b11-10+,13-12+/t14-/m1/s1. The van der Waals surface area contributed by atoms with E-state index in [2.05, 4.69) is 19.1 Å². The van der Waals surface area contributed by atoms with Crippen LogP contribution in [-0.4, -0.2) is 6.04 Å². The van der Waals surface area contributed by atoms with E-state index in [-0.39, 0.29) is 6.04 Å².